The van der Waals surface area contributed by atoms with E-state index in [4.69, 9.17) is 0 Å². The fourth-order valence-corrected chi connectivity index (χ4v) is 2.26. The smallest absolute Gasteiger partial charge is 0.384 e. The lowest BCUT2D eigenvalue weighted by Crippen LogP contribution is -2.69. The minimum absolute atomic E-state index is 0.105. The zero-order valence-electron chi connectivity index (χ0n) is 16.3. The molecule has 0 heterocycles. The van der Waals surface area contributed by atoms with Gasteiger partial charge in [0.05, 0.1) is 11.4 Å². The topological polar surface area (TPSA) is 34.0 Å². The average molecular weight is 512 g/mol. The quantitative estimate of drug-likeness (QED) is 0.235. The molecule has 0 aliphatic heterocycles. The van der Waals surface area contributed by atoms with Crippen molar-refractivity contribution < 1.29 is 57.4 Å². The zero-order valence-corrected chi connectivity index (χ0v) is 16.3. The van der Waals surface area contributed by atoms with Crippen LogP contribution in [0.2, 0.25) is 0 Å². The van der Waals surface area contributed by atoms with Crippen LogP contribution in [0.4, 0.5) is 64.1 Å². The van der Waals surface area contributed by atoms with E-state index in [-0.39, 0.29) is 5.69 Å². The van der Waals surface area contributed by atoms with Gasteiger partial charge in [-0.25, -0.2) is 8.78 Å². The van der Waals surface area contributed by atoms with Crippen molar-refractivity contribution in [3.05, 3.63) is 54.6 Å². The van der Waals surface area contributed by atoms with Gasteiger partial charge in [0.15, 0.2) is 6.61 Å². The SMILES string of the molecule is FC(F)C(F)(F)C(F)(F)C(F)(F)C(F)(F)C(F)(F)COc1ccc(N=Nc2ccccc2)cc1. The fourth-order valence-electron chi connectivity index (χ4n) is 2.26. The van der Waals surface area contributed by atoms with Crippen molar-refractivity contribution in [2.24, 2.45) is 10.2 Å². The maximum absolute atomic E-state index is 13.7. The van der Waals surface area contributed by atoms with E-state index >= 15 is 0 Å². The Morgan fingerprint density at radius 2 is 1.09 bits per heavy atom. The van der Waals surface area contributed by atoms with Gasteiger partial charge in [-0.3, -0.25) is 0 Å². The van der Waals surface area contributed by atoms with E-state index in [1.54, 1.807) is 30.3 Å². The Balaban J connectivity index is 2.16. The molecule has 0 fully saturated rings. The first kappa shape index (κ1) is 27.2. The summed E-state index contributed by atoms with van der Waals surface area (Å²) in [5, 5.41) is 7.55. The average Bonchev–Trinajstić information content (AvgIpc) is 2.77. The summed E-state index contributed by atoms with van der Waals surface area (Å²) in [6, 6.07) is 12.0. The fraction of sp³-hybridized carbons (Fsp3) is 0.368. The highest BCUT2D eigenvalue weighted by Gasteiger charge is 2.87. The summed E-state index contributed by atoms with van der Waals surface area (Å²) in [4.78, 5) is 0. The van der Waals surface area contributed by atoms with Crippen molar-refractivity contribution in [1.82, 2.24) is 0 Å². The Kier molecular flexibility index (Phi) is 7.48. The van der Waals surface area contributed by atoms with Gasteiger partial charge in [-0.05, 0) is 36.4 Å². The molecular weight excluding hydrogens is 500 g/mol. The number of hydrogen-bond donors (Lipinski definition) is 0. The van der Waals surface area contributed by atoms with Crippen LogP contribution in [-0.2, 0) is 0 Å². The van der Waals surface area contributed by atoms with Crippen LogP contribution in [0.25, 0.3) is 0 Å². The molecular formula is C19H12F12N2O. The minimum Gasteiger partial charge on any atom is -0.487 e. The summed E-state index contributed by atoms with van der Waals surface area (Å²) in [5.74, 6) is -36.2. The molecule has 0 aliphatic rings. The molecule has 0 atom stereocenters. The Hall–Kier alpha value is -3.00. The molecule has 0 bridgehead atoms. The number of azo groups is 1. The molecule has 2 rings (SSSR count). The molecule has 0 spiro atoms. The second-order valence-corrected chi connectivity index (χ2v) is 6.67. The summed E-state index contributed by atoms with van der Waals surface area (Å²) < 4.78 is 162. The van der Waals surface area contributed by atoms with Gasteiger partial charge in [0.25, 0.3) is 0 Å². The third-order valence-corrected chi connectivity index (χ3v) is 4.23. The van der Waals surface area contributed by atoms with E-state index in [0.29, 0.717) is 5.69 Å². The van der Waals surface area contributed by atoms with Gasteiger partial charge in [-0.2, -0.15) is 54.1 Å². The molecule has 0 aliphatic carbocycles. The summed E-state index contributed by atoms with van der Waals surface area (Å²) in [5.41, 5.74) is 0.536. The number of halogens is 12. The van der Waals surface area contributed by atoms with Crippen LogP contribution in [0.15, 0.2) is 64.8 Å². The molecule has 15 heteroatoms. The maximum atomic E-state index is 13.7. The van der Waals surface area contributed by atoms with Gasteiger partial charge in [0.2, 0.25) is 0 Å². The van der Waals surface area contributed by atoms with Gasteiger partial charge in [-0.15, -0.1) is 0 Å². The molecule has 0 saturated heterocycles. The molecule has 0 radical (unpaired) electrons. The van der Waals surface area contributed by atoms with Crippen LogP contribution < -0.4 is 4.74 Å². The van der Waals surface area contributed by atoms with Crippen LogP contribution in [0.1, 0.15) is 0 Å². The van der Waals surface area contributed by atoms with Gasteiger partial charge < -0.3 is 4.74 Å². The Morgan fingerprint density at radius 1 is 0.618 bits per heavy atom. The molecule has 0 saturated carbocycles. The maximum Gasteiger partial charge on any atom is 0.384 e. The van der Waals surface area contributed by atoms with Gasteiger partial charge in [0.1, 0.15) is 5.75 Å². The predicted octanol–water partition coefficient (Wildman–Crippen LogP) is 7.92. The van der Waals surface area contributed by atoms with E-state index in [1.165, 1.54) is 0 Å². The van der Waals surface area contributed by atoms with E-state index in [0.717, 1.165) is 24.3 Å². The van der Waals surface area contributed by atoms with Crippen LogP contribution >= 0.6 is 0 Å². The number of hydrogen-bond acceptors (Lipinski definition) is 3. The number of ether oxygens (including phenoxy) is 1. The summed E-state index contributed by atoms with van der Waals surface area (Å²) >= 11 is 0. The Labute approximate surface area is 183 Å². The second kappa shape index (κ2) is 9.33. The summed E-state index contributed by atoms with van der Waals surface area (Å²) in [6.45, 7) is -2.68. The Morgan fingerprint density at radius 3 is 1.56 bits per heavy atom. The second-order valence-electron chi connectivity index (χ2n) is 6.67. The molecule has 0 unspecified atom stereocenters. The van der Waals surface area contributed by atoms with Crippen molar-refractivity contribution in [1.29, 1.82) is 0 Å². The van der Waals surface area contributed by atoms with Crippen LogP contribution in [0, 0.1) is 0 Å². The standard InChI is InChI=1S/C19H12F12N2O/c20-14(21)16(24,25)18(28,29)19(30,31)17(26,27)15(22,23)10-34-13-8-6-12(7-9-13)33-32-11-4-2-1-3-5-11/h1-9,14H,10H2. The Bertz CT molecular complexity index is 979. The molecule has 34 heavy (non-hydrogen) atoms. The molecule has 3 nitrogen and oxygen atoms in total. The van der Waals surface area contributed by atoms with Crippen molar-refractivity contribution in [2.45, 2.75) is 36.0 Å². The number of rotatable bonds is 10. The number of benzene rings is 2. The molecule has 0 N–H and O–H groups in total. The number of nitrogens with zero attached hydrogens (tertiary/aromatic N) is 2. The monoisotopic (exact) mass is 512 g/mol. The first-order valence-corrected chi connectivity index (χ1v) is 8.84. The van der Waals surface area contributed by atoms with E-state index in [2.05, 4.69) is 15.0 Å². The largest absolute Gasteiger partial charge is 0.487 e. The lowest BCUT2D eigenvalue weighted by atomic mass is 9.94. The lowest BCUT2D eigenvalue weighted by molar-refractivity contribution is -0.414. The van der Waals surface area contributed by atoms with Crippen LogP contribution in [0.3, 0.4) is 0 Å². The first-order chi connectivity index (χ1) is 15.5. The highest BCUT2D eigenvalue weighted by atomic mass is 19.4. The molecule has 0 amide bonds. The first-order valence-electron chi connectivity index (χ1n) is 8.84. The van der Waals surface area contributed by atoms with E-state index in [1.807, 2.05) is 0 Å². The molecule has 0 aromatic heterocycles. The normalized spacial score (nSPS) is 14.1. The lowest BCUT2D eigenvalue weighted by Gasteiger charge is -2.39. The van der Waals surface area contributed by atoms with E-state index < -0.39 is 48.4 Å². The number of alkyl halides is 12. The predicted molar refractivity (Wildman–Crippen MR) is 93.3 cm³/mol. The van der Waals surface area contributed by atoms with E-state index in [9.17, 15) is 52.7 Å². The highest BCUT2D eigenvalue weighted by Crippen LogP contribution is 2.58. The zero-order chi connectivity index (χ0) is 26.0. The van der Waals surface area contributed by atoms with Crippen LogP contribution in [-0.4, -0.2) is 42.6 Å². The summed E-state index contributed by atoms with van der Waals surface area (Å²) in [6.07, 6.45) is -5.55. The van der Waals surface area contributed by atoms with Crippen molar-refractivity contribution in [3.63, 3.8) is 0 Å². The molecule has 2 aromatic carbocycles. The highest BCUT2D eigenvalue weighted by molar-refractivity contribution is 5.42. The third-order valence-electron chi connectivity index (χ3n) is 4.23. The van der Waals surface area contributed by atoms with Gasteiger partial charge in [-0.1, -0.05) is 18.2 Å². The third kappa shape index (κ3) is 4.92. The van der Waals surface area contributed by atoms with Gasteiger partial charge in [0, 0.05) is 0 Å². The minimum atomic E-state index is -7.59. The van der Waals surface area contributed by atoms with Crippen LogP contribution in [0.5, 0.6) is 5.75 Å². The van der Waals surface area contributed by atoms with Crippen molar-refractivity contribution in [3.8, 4) is 5.75 Å². The summed E-state index contributed by atoms with van der Waals surface area (Å²) in [7, 11) is 0. The molecule has 2 aromatic rings. The van der Waals surface area contributed by atoms with Crippen molar-refractivity contribution in [2.75, 3.05) is 6.61 Å². The molecule has 188 valence electrons. The van der Waals surface area contributed by atoms with Gasteiger partial charge >= 0.3 is 36.0 Å². The van der Waals surface area contributed by atoms with Crippen molar-refractivity contribution >= 4 is 11.4 Å².